The molecule has 0 amide bonds. The molecule has 0 aromatic heterocycles. The summed E-state index contributed by atoms with van der Waals surface area (Å²) in [5.41, 5.74) is 0. The van der Waals surface area contributed by atoms with Crippen molar-refractivity contribution in [2.45, 2.75) is 24.9 Å². The van der Waals surface area contributed by atoms with E-state index in [-0.39, 0.29) is 0 Å². The fourth-order valence-corrected chi connectivity index (χ4v) is 7.81. The molecule has 0 saturated carbocycles. The Kier molecular flexibility index (Phi) is 12.3. The van der Waals surface area contributed by atoms with Crippen molar-refractivity contribution in [3.63, 3.8) is 0 Å². The van der Waals surface area contributed by atoms with Crippen molar-refractivity contribution in [2.24, 2.45) is 0 Å². The van der Waals surface area contributed by atoms with E-state index in [2.05, 4.69) is 18.2 Å². The van der Waals surface area contributed by atoms with Gasteiger partial charge in [0.1, 0.15) is 0 Å². The van der Waals surface area contributed by atoms with Crippen molar-refractivity contribution < 1.29 is 22.1 Å². The first-order valence-corrected chi connectivity index (χ1v) is 13.4. The Morgan fingerprint density at radius 2 is 1.23 bits per heavy atom. The summed E-state index contributed by atoms with van der Waals surface area (Å²) in [6, 6.07) is 1.83. The second-order valence-corrected chi connectivity index (χ2v) is 14.4. The van der Waals surface area contributed by atoms with Crippen molar-refractivity contribution >= 4 is 27.7 Å². The van der Waals surface area contributed by atoms with Gasteiger partial charge in [-0.2, -0.15) is 0 Å². The molecule has 0 aliphatic heterocycles. The first-order chi connectivity index (χ1) is 10.5. The van der Waals surface area contributed by atoms with Crippen LogP contribution < -0.4 is 0 Å². The molecule has 0 aromatic carbocycles. The van der Waals surface area contributed by atoms with E-state index in [9.17, 15) is 0 Å². The molecule has 0 spiro atoms. The number of rotatable bonds is 14. The molecular weight excluding hydrogens is 338 g/mol. The predicted molar refractivity (Wildman–Crippen MR) is 96.4 cm³/mol. The Balaban J connectivity index is 4.03. The van der Waals surface area contributed by atoms with Crippen molar-refractivity contribution in [3.8, 4) is 0 Å². The van der Waals surface area contributed by atoms with Gasteiger partial charge in [0, 0.05) is 47.6 Å². The van der Waals surface area contributed by atoms with E-state index in [4.69, 9.17) is 22.1 Å². The van der Waals surface area contributed by atoms with Crippen molar-refractivity contribution in [2.75, 3.05) is 61.9 Å². The van der Waals surface area contributed by atoms with Gasteiger partial charge in [0.05, 0.1) is 0 Å². The van der Waals surface area contributed by atoms with Gasteiger partial charge >= 0.3 is 16.5 Å². The highest BCUT2D eigenvalue weighted by Crippen LogP contribution is 2.25. The Morgan fingerprint density at radius 1 is 0.773 bits per heavy atom. The Bertz CT molecular complexity index is 239. The SMILES string of the molecule is CO[Si](CCCN(C)CCC[Si](OC)(OC)SC)(OC)OC. The molecule has 6 nitrogen and oxygen atoms in total. The molecule has 0 rings (SSSR count). The summed E-state index contributed by atoms with van der Waals surface area (Å²) >= 11 is 1.73. The number of hydrogen-bond acceptors (Lipinski definition) is 7. The van der Waals surface area contributed by atoms with Gasteiger partial charge in [0.15, 0.2) is 0 Å². The Labute approximate surface area is 142 Å². The minimum absolute atomic E-state index is 0.834. The highest BCUT2D eigenvalue weighted by molar-refractivity contribution is 8.26. The lowest BCUT2D eigenvalue weighted by molar-refractivity contribution is 0.122. The molecule has 0 aliphatic rings. The van der Waals surface area contributed by atoms with E-state index < -0.39 is 16.5 Å². The van der Waals surface area contributed by atoms with E-state index in [0.29, 0.717) is 0 Å². The quantitative estimate of drug-likeness (QED) is 0.434. The first kappa shape index (κ1) is 22.5. The lowest BCUT2D eigenvalue weighted by Crippen LogP contribution is -2.43. The summed E-state index contributed by atoms with van der Waals surface area (Å²) in [5.74, 6) is 0. The van der Waals surface area contributed by atoms with E-state index in [1.54, 1.807) is 46.8 Å². The average Bonchev–Trinajstić information content (AvgIpc) is 2.56. The normalized spacial score (nSPS) is 13.1. The van der Waals surface area contributed by atoms with Gasteiger partial charge < -0.3 is 27.0 Å². The molecule has 0 saturated heterocycles. The lowest BCUT2D eigenvalue weighted by Gasteiger charge is -2.27. The van der Waals surface area contributed by atoms with E-state index in [0.717, 1.165) is 38.0 Å². The van der Waals surface area contributed by atoms with Crippen LogP contribution in [0.2, 0.25) is 12.1 Å². The minimum atomic E-state index is -2.43. The van der Waals surface area contributed by atoms with Crippen molar-refractivity contribution in [1.82, 2.24) is 4.90 Å². The third kappa shape index (κ3) is 7.41. The van der Waals surface area contributed by atoms with Crippen LogP contribution in [0.1, 0.15) is 12.8 Å². The fraction of sp³-hybridized carbons (Fsp3) is 1.00. The molecule has 0 aromatic rings. The Hall–Kier alpha value is 0.544. The summed E-state index contributed by atoms with van der Waals surface area (Å²) in [5, 5.41) is 0. The molecule has 22 heavy (non-hydrogen) atoms. The van der Waals surface area contributed by atoms with Crippen LogP contribution >= 0.6 is 11.2 Å². The topological polar surface area (TPSA) is 49.4 Å². The summed E-state index contributed by atoms with van der Waals surface area (Å²) in [7, 11) is 6.16. The zero-order chi connectivity index (χ0) is 17.1. The summed E-state index contributed by atoms with van der Waals surface area (Å²) in [6.45, 7) is 2.03. The zero-order valence-corrected chi connectivity index (χ0v) is 18.0. The van der Waals surface area contributed by atoms with Crippen LogP contribution in [-0.2, 0) is 22.1 Å². The van der Waals surface area contributed by atoms with Gasteiger partial charge in [-0.1, -0.05) is 0 Å². The van der Waals surface area contributed by atoms with E-state index in [1.807, 2.05) is 0 Å². The maximum absolute atomic E-state index is 5.60. The molecule has 0 aliphatic carbocycles. The van der Waals surface area contributed by atoms with E-state index >= 15 is 0 Å². The van der Waals surface area contributed by atoms with Gasteiger partial charge in [-0.3, -0.25) is 0 Å². The number of nitrogens with zero attached hydrogens (tertiary/aromatic N) is 1. The van der Waals surface area contributed by atoms with Crippen LogP contribution in [0.25, 0.3) is 0 Å². The highest BCUT2D eigenvalue weighted by atomic mass is 32.4. The molecular formula is C13H33NO5SSi2. The third-order valence-electron chi connectivity index (χ3n) is 3.91. The second kappa shape index (κ2) is 12.0. The van der Waals surface area contributed by atoms with Crippen LogP contribution in [0, 0.1) is 0 Å². The number of hydrogen-bond donors (Lipinski definition) is 0. The predicted octanol–water partition coefficient (Wildman–Crippen LogP) is 2.17. The maximum Gasteiger partial charge on any atom is 0.500 e. The lowest BCUT2D eigenvalue weighted by atomic mass is 10.4. The van der Waals surface area contributed by atoms with Gasteiger partial charge in [-0.25, -0.2) is 0 Å². The maximum atomic E-state index is 5.60. The first-order valence-electron chi connectivity index (χ1n) is 7.46. The smallest absolute Gasteiger partial charge is 0.390 e. The van der Waals surface area contributed by atoms with Gasteiger partial charge in [-0.15, -0.1) is 11.2 Å². The van der Waals surface area contributed by atoms with E-state index in [1.165, 1.54) is 0 Å². The van der Waals surface area contributed by atoms with Gasteiger partial charge in [-0.05, 0) is 39.2 Å². The third-order valence-corrected chi connectivity index (χ3v) is 13.1. The van der Waals surface area contributed by atoms with Crippen molar-refractivity contribution in [3.05, 3.63) is 0 Å². The summed E-state index contributed by atoms with van der Waals surface area (Å²) < 4.78 is 27.5. The standard InChI is InChI=1S/C13H33NO5SSi2/c1-14(10-8-12-21(15-2,16-3)17-4)11-9-13-22(18-5,19-6)20-7/h8-13H2,1-7H3. The van der Waals surface area contributed by atoms with Crippen LogP contribution in [0.5, 0.6) is 0 Å². The molecule has 0 atom stereocenters. The monoisotopic (exact) mass is 371 g/mol. The summed E-state index contributed by atoms with van der Waals surface area (Å²) in [6.07, 6.45) is 4.14. The van der Waals surface area contributed by atoms with Crippen LogP contribution in [-0.4, -0.2) is 83.4 Å². The summed E-state index contributed by atoms with van der Waals surface area (Å²) in [4.78, 5) is 2.32. The Morgan fingerprint density at radius 3 is 1.59 bits per heavy atom. The molecule has 9 heteroatoms. The van der Waals surface area contributed by atoms with Crippen LogP contribution in [0.4, 0.5) is 0 Å². The second-order valence-electron chi connectivity index (χ2n) is 5.10. The van der Waals surface area contributed by atoms with Gasteiger partial charge in [0.25, 0.3) is 0 Å². The molecule has 0 N–H and O–H groups in total. The molecule has 0 radical (unpaired) electrons. The molecule has 0 fully saturated rings. The molecule has 134 valence electrons. The fourth-order valence-electron chi connectivity index (χ4n) is 2.36. The molecule has 0 unspecified atom stereocenters. The average molecular weight is 372 g/mol. The van der Waals surface area contributed by atoms with Gasteiger partial charge in [0.2, 0.25) is 0 Å². The minimum Gasteiger partial charge on any atom is -0.390 e. The largest absolute Gasteiger partial charge is 0.500 e. The molecule has 0 heterocycles. The highest BCUT2D eigenvalue weighted by Gasteiger charge is 2.37. The van der Waals surface area contributed by atoms with Crippen molar-refractivity contribution in [1.29, 1.82) is 0 Å². The van der Waals surface area contributed by atoms with Crippen LogP contribution in [0.15, 0.2) is 0 Å². The molecule has 0 bridgehead atoms. The van der Waals surface area contributed by atoms with Crippen LogP contribution in [0.3, 0.4) is 0 Å². The zero-order valence-electron chi connectivity index (χ0n) is 15.1.